The van der Waals surface area contributed by atoms with Gasteiger partial charge in [-0.2, -0.15) is 0 Å². The smallest absolute Gasteiger partial charge is 0.0697 e. The molecule has 0 bridgehead atoms. The van der Waals surface area contributed by atoms with Crippen LogP contribution < -0.4 is 5.32 Å². The molecule has 2 fully saturated rings. The number of ether oxygens (including phenoxy) is 2. The third-order valence-corrected chi connectivity index (χ3v) is 4.04. The Hall–Kier alpha value is -0.380. The number of hydrogen-bond acceptors (Lipinski definition) is 3. The quantitative estimate of drug-likeness (QED) is 0.583. The molecule has 1 heterocycles. The van der Waals surface area contributed by atoms with Crippen LogP contribution >= 0.6 is 0 Å². The first-order chi connectivity index (χ1) is 8.70. The van der Waals surface area contributed by atoms with Crippen molar-refractivity contribution in [3.63, 3.8) is 0 Å². The first-order valence-electron chi connectivity index (χ1n) is 7.30. The summed E-state index contributed by atoms with van der Waals surface area (Å²) in [5, 5.41) is 3.61. The van der Waals surface area contributed by atoms with Gasteiger partial charge in [-0.05, 0) is 32.6 Å². The minimum absolute atomic E-state index is 0.217. The zero-order valence-corrected chi connectivity index (χ0v) is 11.7. The van der Waals surface area contributed by atoms with E-state index < -0.39 is 0 Å². The molecule has 1 atom stereocenters. The Morgan fingerprint density at radius 1 is 1.44 bits per heavy atom. The molecule has 1 unspecified atom stereocenters. The van der Waals surface area contributed by atoms with E-state index >= 15 is 0 Å². The van der Waals surface area contributed by atoms with Gasteiger partial charge in [0.15, 0.2) is 0 Å². The van der Waals surface area contributed by atoms with Crippen LogP contribution in [0.1, 0.15) is 45.4 Å². The molecule has 1 saturated heterocycles. The fourth-order valence-corrected chi connectivity index (χ4v) is 3.15. The van der Waals surface area contributed by atoms with Crippen molar-refractivity contribution in [2.45, 2.75) is 57.1 Å². The summed E-state index contributed by atoms with van der Waals surface area (Å²) in [7, 11) is 0. The van der Waals surface area contributed by atoms with Crippen LogP contribution in [-0.4, -0.2) is 38.0 Å². The number of rotatable bonds is 6. The summed E-state index contributed by atoms with van der Waals surface area (Å²) < 4.78 is 11.5. The molecule has 1 spiro atoms. The molecule has 0 radical (unpaired) electrons. The second-order valence-corrected chi connectivity index (χ2v) is 5.89. The average Bonchev–Trinajstić information content (AvgIpc) is 2.76. The van der Waals surface area contributed by atoms with Gasteiger partial charge in [-0.3, -0.25) is 0 Å². The van der Waals surface area contributed by atoms with E-state index in [0.29, 0.717) is 12.6 Å². The van der Waals surface area contributed by atoms with Gasteiger partial charge in [0.1, 0.15) is 0 Å². The van der Waals surface area contributed by atoms with Gasteiger partial charge >= 0.3 is 0 Å². The van der Waals surface area contributed by atoms with Crippen LogP contribution in [0.4, 0.5) is 0 Å². The van der Waals surface area contributed by atoms with Crippen LogP contribution in [0, 0.1) is 0 Å². The zero-order valence-electron chi connectivity index (χ0n) is 11.7. The fraction of sp³-hybridized carbons (Fsp3) is 0.867. The lowest BCUT2D eigenvalue weighted by Gasteiger charge is -2.38. The summed E-state index contributed by atoms with van der Waals surface area (Å²) in [5.41, 5.74) is 1.31. The Morgan fingerprint density at radius 2 is 2.22 bits per heavy atom. The van der Waals surface area contributed by atoms with Crippen molar-refractivity contribution >= 4 is 0 Å². The normalized spacial score (nSPS) is 26.6. The monoisotopic (exact) mass is 253 g/mol. The SMILES string of the molecule is C=C(C)COCCNC1CCOC2(CCCC2)C1. The van der Waals surface area contributed by atoms with Gasteiger partial charge in [0.2, 0.25) is 0 Å². The van der Waals surface area contributed by atoms with Gasteiger partial charge in [-0.1, -0.05) is 25.0 Å². The van der Waals surface area contributed by atoms with E-state index in [1.54, 1.807) is 0 Å². The van der Waals surface area contributed by atoms with E-state index in [4.69, 9.17) is 9.47 Å². The van der Waals surface area contributed by atoms with Crippen molar-refractivity contribution in [1.82, 2.24) is 5.32 Å². The molecule has 104 valence electrons. The molecule has 1 aliphatic carbocycles. The topological polar surface area (TPSA) is 30.5 Å². The van der Waals surface area contributed by atoms with Crippen LogP contribution in [0.5, 0.6) is 0 Å². The predicted octanol–water partition coefficient (Wildman–Crippen LogP) is 2.66. The van der Waals surface area contributed by atoms with E-state index in [1.165, 1.54) is 32.1 Å². The van der Waals surface area contributed by atoms with Gasteiger partial charge in [0.25, 0.3) is 0 Å². The summed E-state index contributed by atoms with van der Waals surface area (Å²) >= 11 is 0. The second kappa shape index (κ2) is 6.69. The van der Waals surface area contributed by atoms with Crippen molar-refractivity contribution in [2.24, 2.45) is 0 Å². The summed E-state index contributed by atoms with van der Waals surface area (Å²) in [6, 6.07) is 0.616. The Bertz CT molecular complexity index is 272. The van der Waals surface area contributed by atoms with Gasteiger partial charge in [0.05, 0.1) is 18.8 Å². The van der Waals surface area contributed by atoms with E-state index in [2.05, 4.69) is 11.9 Å². The molecule has 1 N–H and O–H groups in total. The highest BCUT2D eigenvalue weighted by molar-refractivity contribution is 4.93. The second-order valence-electron chi connectivity index (χ2n) is 5.89. The van der Waals surface area contributed by atoms with Crippen LogP contribution in [0.15, 0.2) is 12.2 Å². The molecular formula is C15H27NO2. The highest BCUT2D eigenvalue weighted by Gasteiger charge is 2.39. The molecule has 0 aromatic rings. The van der Waals surface area contributed by atoms with Crippen LogP contribution in [0.3, 0.4) is 0 Å². The van der Waals surface area contributed by atoms with Gasteiger partial charge in [-0.15, -0.1) is 0 Å². The Kier molecular flexibility index (Phi) is 5.22. The van der Waals surface area contributed by atoms with Crippen LogP contribution in [-0.2, 0) is 9.47 Å². The highest BCUT2D eigenvalue weighted by Crippen LogP contribution is 2.39. The summed E-state index contributed by atoms with van der Waals surface area (Å²) in [4.78, 5) is 0. The Balaban J connectivity index is 1.62. The van der Waals surface area contributed by atoms with Crippen molar-refractivity contribution < 1.29 is 9.47 Å². The molecule has 3 heteroatoms. The van der Waals surface area contributed by atoms with Gasteiger partial charge < -0.3 is 14.8 Å². The fourth-order valence-electron chi connectivity index (χ4n) is 3.15. The highest BCUT2D eigenvalue weighted by atomic mass is 16.5. The standard InChI is InChI=1S/C15H27NO2/c1-13(2)12-17-10-8-16-14-5-9-18-15(11-14)6-3-4-7-15/h14,16H,1,3-12H2,2H3. The molecule has 0 amide bonds. The third-order valence-electron chi connectivity index (χ3n) is 4.04. The third kappa shape index (κ3) is 4.08. The lowest BCUT2D eigenvalue weighted by atomic mass is 9.89. The molecule has 1 saturated carbocycles. The summed E-state index contributed by atoms with van der Waals surface area (Å²) in [6.45, 7) is 9.14. The molecule has 0 aromatic carbocycles. The van der Waals surface area contributed by atoms with Crippen molar-refractivity contribution in [3.8, 4) is 0 Å². The minimum Gasteiger partial charge on any atom is -0.376 e. The molecular weight excluding hydrogens is 226 g/mol. The molecule has 0 aromatic heterocycles. The van der Waals surface area contributed by atoms with Gasteiger partial charge in [-0.25, -0.2) is 0 Å². The summed E-state index contributed by atoms with van der Waals surface area (Å²) in [6.07, 6.45) is 7.54. The maximum Gasteiger partial charge on any atom is 0.0697 e. The van der Waals surface area contributed by atoms with E-state index in [0.717, 1.165) is 31.8 Å². The van der Waals surface area contributed by atoms with E-state index in [9.17, 15) is 0 Å². The average molecular weight is 253 g/mol. The molecule has 2 aliphatic rings. The lowest BCUT2D eigenvalue weighted by molar-refractivity contribution is -0.0839. The zero-order chi connectivity index (χ0) is 12.8. The first kappa shape index (κ1) is 14.0. The van der Waals surface area contributed by atoms with E-state index in [1.807, 2.05) is 6.92 Å². The Morgan fingerprint density at radius 3 is 2.94 bits per heavy atom. The predicted molar refractivity (Wildman–Crippen MR) is 73.8 cm³/mol. The summed E-state index contributed by atoms with van der Waals surface area (Å²) in [5.74, 6) is 0. The largest absolute Gasteiger partial charge is 0.376 e. The molecule has 1 aliphatic heterocycles. The molecule has 18 heavy (non-hydrogen) atoms. The maximum absolute atomic E-state index is 6.03. The number of nitrogens with one attached hydrogen (secondary N) is 1. The van der Waals surface area contributed by atoms with Crippen molar-refractivity contribution in [1.29, 1.82) is 0 Å². The van der Waals surface area contributed by atoms with Crippen LogP contribution in [0.2, 0.25) is 0 Å². The first-order valence-corrected chi connectivity index (χ1v) is 7.30. The maximum atomic E-state index is 6.03. The van der Waals surface area contributed by atoms with Crippen LogP contribution in [0.25, 0.3) is 0 Å². The van der Waals surface area contributed by atoms with Crippen molar-refractivity contribution in [3.05, 3.63) is 12.2 Å². The minimum atomic E-state index is 0.217. The van der Waals surface area contributed by atoms with E-state index in [-0.39, 0.29) is 5.60 Å². The van der Waals surface area contributed by atoms with Gasteiger partial charge in [0, 0.05) is 19.2 Å². The van der Waals surface area contributed by atoms with Crippen molar-refractivity contribution in [2.75, 3.05) is 26.4 Å². The molecule has 3 nitrogen and oxygen atoms in total. The molecule has 2 rings (SSSR count). The number of hydrogen-bond donors (Lipinski definition) is 1. The Labute approximate surface area is 111 Å². The lowest BCUT2D eigenvalue weighted by Crippen LogP contribution is -2.46.